The van der Waals surface area contributed by atoms with Gasteiger partial charge in [-0.05, 0) is 42.6 Å². The van der Waals surface area contributed by atoms with Gasteiger partial charge in [0.2, 0.25) is 0 Å². The number of amides is 3. The molecule has 1 aliphatic rings. The van der Waals surface area contributed by atoms with E-state index in [0.717, 1.165) is 20.5 Å². The van der Waals surface area contributed by atoms with Crippen molar-refractivity contribution in [2.75, 3.05) is 12.4 Å². The van der Waals surface area contributed by atoms with E-state index in [1.807, 2.05) is 31.2 Å². The van der Waals surface area contributed by atoms with Gasteiger partial charge in [0.25, 0.3) is 17.7 Å². The molecule has 0 saturated carbocycles. The molecule has 4 rings (SSSR count). The van der Waals surface area contributed by atoms with Crippen LogP contribution < -0.4 is 5.32 Å². The number of fused-ring (bicyclic) bond motifs is 2. The standard InChI is InChI=1S/C19H14N2O3S/c1-10-3-6-15-11(7-10)8-16(25-15)17(22)20-12-4-5-13-14(9-12)19(24)21(2)18(13)23/h3-9H,1-2H3,(H,20,22). The maximum absolute atomic E-state index is 12.5. The Kier molecular flexibility index (Phi) is 3.43. The summed E-state index contributed by atoms with van der Waals surface area (Å²) < 4.78 is 1.05. The molecule has 0 saturated heterocycles. The highest BCUT2D eigenvalue weighted by molar-refractivity contribution is 7.20. The summed E-state index contributed by atoms with van der Waals surface area (Å²) in [5.41, 5.74) is 2.32. The molecule has 3 amide bonds. The molecule has 5 nitrogen and oxygen atoms in total. The molecule has 2 aromatic carbocycles. The number of carbonyl (C=O) groups is 3. The number of nitrogens with zero attached hydrogens (tertiary/aromatic N) is 1. The minimum atomic E-state index is -0.353. The van der Waals surface area contributed by atoms with Crippen molar-refractivity contribution in [2.24, 2.45) is 0 Å². The highest BCUT2D eigenvalue weighted by Crippen LogP contribution is 2.28. The molecule has 3 aromatic rings. The van der Waals surface area contributed by atoms with Crippen molar-refractivity contribution in [3.8, 4) is 0 Å². The number of imide groups is 1. The summed E-state index contributed by atoms with van der Waals surface area (Å²) in [6.07, 6.45) is 0. The number of hydrogen-bond acceptors (Lipinski definition) is 4. The van der Waals surface area contributed by atoms with E-state index in [0.29, 0.717) is 21.7 Å². The average Bonchev–Trinajstić information content (AvgIpc) is 3.10. The molecule has 0 aliphatic carbocycles. The number of rotatable bonds is 2. The van der Waals surface area contributed by atoms with Crippen molar-refractivity contribution in [3.05, 3.63) is 64.0 Å². The molecule has 1 aliphatic heterocycles. The minimum absolute atomic E-state index is 0.232. The van der Waals surface area contributed by atoms with E-state index in [2.05, 4.69) is 5.32 Å². The zero-order valence-corrected chi connectivity index (χ0v) is 14.4. The summed E-state index contributed by atoms with van der Waals surface area (Å²) in [7, 11) is 1.45. The second kappa shape index (κ2) is 5.53. The first-order chi connectivity index (χ1) is 11.9. The van der Waals surface area contributed by atoms with E-state index in [-0.39, 0.29) is 17.7 Å². The molecule has 25 heavy (non-hydrogen) atoms. The lowest BCUT2D eigenvalue weighted by Crippen LogP contribution is -2.24. The predicted molar refractivity (Wildman–Crippen MR) is 97.4 cm³/mol. The summed E-state index contributed by atoms with van der Waals surface area (Å²) in [6, 6.07) is 12.7. The maximum atomic E-state index is 12.5. The molecule has 0 spiro atoms. The van der Waals surface area contributed by atoms with Crippen LogP contribution in [-0.4, -0.2) is 29.7 Å². The summed E-state index contributed by atoms with van der Waals surface area (Å²) in [5.74, 6) is -0.907. The second-order valence-corrected chi connectivity index (χ2v) is 7.12. The highest BCUT2D eigenvalue weighted by atomic mass is 32.1. The predicted octanol–water partition coefficient (Wildman–Crippen LogP) is 3.69. The molecule has 124 valence electrons. The first-order valence-corrected chi connectivity index (χ1v) is 8.53. The SMILES string of the molecule is Cc1ccc2sc(C(=O)Nc3ccc4c(c3)C(=O)N(C)C4=O)cc2c1. The molecule has 1 aromatic heterocycles. The number of carbonyl (C=O) groups excluding carboxylic acids is 3. The Morgan fingerprint density at radius 2 is 1.76 bits per heavy atom. The average molecular weight is 350 g/mol. The van der Waals surface area contributed by atoms with Crippen molar-refractivity contribution in [1.29, 1.82) is 0 Å². The number of benzene rings is 2. The van der Waals surface area contributed by atoms with Crippen molar-refractivity contribution in [3.63, 3.8) is 0 Å². The fourth-order valence-electron chi connectivity index (χ4n) is 2.91. The number of nitrogens with one attached hydrogen (secondary N) is 1. The van der Waals surface area contributed by atoms with Crippen molar-refractivity contribution in [2.45, 2.75) is 6.92 Å². The smallest absolute Gasteiger partial charge is 0.265 e. The Hall–Kier alpha value is -2.99. The normalized spacial score (nSPS) is 13.4. The van der Waals surface area contributed by atoms with E-state index in [1.165, 1.54) is 18.4 Å². The molecule has 0 bridgehead atoms. The maximum Gasteiger partial charge on any atom is 0.265 e. The molecule has 6 heteroatoms. The Morgan fingerprint density at radius 3 is 2.56 bits per heavy atom. The zero-order valence-electron chi connectivity index (χ0n) is 13.6. The monoisotopic (exact) mass is 350 g/mol. The second-order valence-electron chi connectivity index (χ2n) is 6.04. The van der Waals surface area contributed by atoms with Gasteiger partial charge in [-0.15, -0.1) is 11.3 Å². The van der Waals surface area contributed by atoms with Crippen LogP contribution in [0.5, 0.6) is 0 Å². The molecule has 1 N–H and O–H groups in total. The van der Waals surface area contributed by atoms with Gasteiger partial charge in [-0.2, -0.15) is 0 Å². The van der Waals surface area contributed by atoms with Crippen molar-refractivity contribution in [1.82, 2.24) is 4.90 Å². The molecule has 0 atom stereocenters. The fraction of sp³-hybridized carbons (Fsp3) is 0.105. The van der Waals surface area contributed by atoms with Gasteiger partial charge >= 0.3 is 0 Å². The van der Waals surface area contributed by atoms with Gasteiger partial charge in [-0.1, -0.05) is 17.7 Å². The number of anilines is 1. The summed E-state index contributed by atoms with van der Waals surface area (Å²) in [6.45, 7) is 2.01. The van der Waals surface area contributed by atoms with Gasteiger partial charge in [0, 0.05) is 17.4 Å². The lowest BCUT2D eigenvalue weighted by Gasteiger charge is -2.04. The van der Waals surface area contributed by atoms with E-state index in [9.17, 15) is 14.4 Å². The van der Waals surface area contributed by atoms with Gasteiger partial charge in [-0.25, -0.2) is 0 Å². The van der Waals surface area contributed by atoms with E-state index < -0.39 is 0 Å². The highest BCUT2D eigenvalue weighted by Gasteiger charge is 2.32. The third-order valence-corrected chi connectivity index (χ3v) is 5.36. The third-order valence-electron chi connectivity index (χ3n) is 4.24. The Balaban J connectivity index is 1.63. The molecule has 2 heterocycles. The van der Waals surface area contributed by atoms with Crippen LogP contribution in [0.1, 0.15) is 36.0 Å². The number of aryl methyl sites for hydroxylation is 1. The first-order valence-electron chi connectivity index (χ1n) is 7.72. The van der Waals surface area contributed by atoms with Crippen molar-refractivity contribution >= 4 is 44.8 Å². The third kappa shape index (κ3) is 2.51. The van der Waals surface area contributed by atoms with Gasteiger partial charge in [-0.3, -0.25) is 19.3 Å². The Morgan fingerprint density at radius 1 is 1.00 bits per heavy atom. The number of hydrogen-bond donors (Lipinski definition) is 1. The fourth-order valence-corrected chi connectivity index (χ4v) is 3.84. The molecule has 0 unspecified atom stereocenters. The lowest BCUT2D eigenvalue weighted by atomic mass is 10.1. The molecular weight excluding hydrogens is 336 g/mol. The lowest BCUT2D eigenvalue weighted by molar-refractivity contribution is 0.0692. The van der Waals surface area contributed by atoms with Crippen LogP contribution in [-0.2, 0) is 0 Å². The van der Waals surface area contributed by atoms with Gasteiger partial charge in [0.1, 0.15) is 0 Å². The van der Waals surface area contributed by atoms with Gasteiger partial charge in [0.15, 0.2) is 0 Å². The van der Waals surface area contributed by atoms with Crippen LogP contribution in [0.4, 0.5) is 5.69 Å². The molecule has 0 fully saturated rings. The largest absolute Gasteiger partial charge is 0.321 e. The zero-order chi connectivity index (χ0) is 17.7. The van der Waals surface area contributed by atoms with Crippen LogP contribution in [0.25, 0.3) is 10.1 Å². The summed E-state index contributed by atoms with van der Waals surface area (Å²) in [4.78, 5) is 38.2. The van der Waals surface area contributed by atoms with Crippen LogP contribution in [0.3, 0.4) is 0 Å². The Bertz CT molecular complexity index is 1070. The van der Waals surface area contributed by atoms with Gasteiger partial charge in [0.05, 0.1) is 16.0 Å². The summed E-state index contributed by atoms with van der Waals surface area (Å²) >= 11 is 1.42. The van der Waals surface area contributed by atoms with E-state index >= 15 is 0 Å². The van der Waals surface area contributed by atoms with Crippen LogP contribution in [0, 0.1) is 6.92 Å². The van der Waals surface area contributed by atoms with Crippen LogP contribution in [0.15, 0.2) is 42.5 Å². The molecule has 0 radical (unpaired) electrons. The van der Waals surface area contributed by atoms with Gasteiger partial charge < -0.3 is 5.32 Å². The molecular formula is C19H14N2O3S. The number of thiophene rings is 1. The quantitative estimate of drug-likeness (QED) is 0.717. The van der Waals surface area contributed by atoms with E-state index in [1.54, 1.807) is 18.2 Å². The summed E-state index contributed by atoms with van der Waals surface area (Å²) in [5, 5.41) is 3.84. The van der Waals surface area contributed by atoms with Crippen LogP contribution >= 0.6 is 11.3 Å². The van der Waals surface area contributed by atoms with Crippen LogP contribution in [0.2, 0.25) is 0 Å². The topological polar surface area (TPSA) is 66.5 Å². The van der Waals surface area contributed by atoms with E-state index in [4.69, 9.17) is 0 Å². The first kappa shape index (κ1) is 15.5. The Labute approximate surface area is 147 Å². The minimum Gasteiger partial charge on any atom is -0.321 e. The van der Waals surface area contributed by atoms with Crippen molar-refractivity contribution < 1.29 is 14.4 Å².